The van der Waals surface area contributed by atoms with Crippen molar-refractivity contribution in [1.29, 1.82) is 0 Å². The molecule has 0 spiro atoms. The maximum atomic E-state index is 13.8. The lowest BCUT2D eigenvalue weighted by Crippen LogP contribution is -2.57. The number of alkyl halides is 13. The molecule has 0 saturated heterocycles. The topological polar surface area (TPSA) is 62.7 Å². The van der Waals surface area contributed by atoms with Gasteiger partial charge in [0.1, 0.15) is 6.61 Å². The number of benzene rings is 1. The Hall–Kier alpha value is -2.77. The van der Waals surface area contributed by atoms with E-state index in [9.17, 15) is 57.1 Å². The standard InChI is InChI=1S/C31H37F13N2O4/c1-2-3-4-5-6-10-14-23-20-24(25-45-17-12-18-46-25)16-15-22(23)13-9-7-8-11-19-47-21-26(32,33)48-27(34,35)28(36,37)49-29(38,39)30(40,41)50-31(42,43)44/h12,15-18,20H,2-11,13-14,19,21H2,1H3. The van der Waals surface area contributed by atoms with Crippen LogP contribution in [0.2, 0.25) is 0 Å². The number of ether oxygens (including phenoxy) is 4. The second-order valence-electron chi connectivity index (χ2n) is 11.2. The van der Waals surface area contributed by atoms with Gasteiger partial charge in [-0.2, -0.15) is 43.9 Å². The van der Waals surface area contributed by atoms with Crippen molar-refractivity contribution in [3.05, 3.63) is 47.8 Å². The van der Waals surface area contributed by atoms with E-state index in [1.54, 1.807) is 23.2 Å². The molecule has 0 unspecified atom stereocenters. The van der Waals surface area contributed by atoms with E-state index >= 15 is 0 Å². The Morgan fingerprint density at radius 3 is 1.64 bits per heavy atom. The van der Waals surface area contributed by atoms with E-state index in [4.69, 9.17) is 0 Å². The zero-order chi connectivity index (χ0) is 37.7. The summed E-state index contributed by atoms with van der Waals surface area (Å²) in [5.74, 6) is 0.589. The normalized spacial score (nSPS) is 13.6. The van der Waals surface area contributed by atoms with Gasteiger partial charge in [-0.1, -0.05) is 64.0 Å². The van der Waals surface area contributed by atoms with Gasteiger partial charge in [0.2, 0.25) is 0 Å². The highest BCUT2D eigenvalue weighted by atomic mass is 19.4. The molecule has 2 aromatic rings. The van der Waals surface area contributed by atoms with Crippen molar-refractivity contribution >= 4 is 0 Å². The van der Waals surface area contributed by atoms with Crippen LogP contribution in [0.4, 0.5) is 57.1 Å². The van der Waals surface area contributed by atoms with E-state index in [0.717, 1.165) is 48.8 Å². The number of halogens is 13. The summed E-state index contributed by atoms with van der Waals surface area (Å²) in [6.45, 7) is -0.449. The van der Waals surface area contributed by atoms with Crippen LogP contribution in [0.5, 0.6) is 0 Å². The van der Waals surface area contributed by atoms with Crippen LogP contribution >= 0.6 is 0 Å². The lowest BCUT2D eigenvalue weighted by Gasteiger charge is -2.33. The smallest absolute Gasteiger partial charge is 0.372 e. The van der Waals surface area contributed by atoms with Gasteiger partial charge in [-0.25, -0.2) is 24.2 Å². The second-order valence-corrected chi connectivity index (χ2v) is 11.2. The number of nitrogens with zero attached hydrogens (tertiary/aromatic N) is 2. The van der Waals surface area contributed by atoms with Crippen LogP contribution < -0.4 is 0 Å². The first-order chi connectivity index (χ1) is 23.1. The number of unbranched alkanes of at least 4 members (excludes halogenated alkanes) is 8. The maximum Gasteiger partial charge on any atom is 0.527 e. The highest BCUT2D eigenvalue weighted by Gasteiger charge is 2.74. The third-order valence-electron chi connectivity index (χ3n) is 7.04. The molecule has 0 radical (unpaired) electrons. The number of rotatable bonds is 24. The van der Waals surface area contributed by atoms with Crippen molar-refractivity contribution in [2.24, 2.45) is 0 Å². The molecule has 19 heteroatoms. The van der Waals surface area contributed by atoms with Crippen molar-refractivity contribution < 1.29 is 76.0 Å². The molecule has 1 aromatic carbocycles. The minimum absolute atomic E-state index is 0.112. The fourth-order valence-electron chi connectivity index (χ4n) is 4.61. The number of aromatic nitrogens is 2. The highest BCUT2D eigenvalue weighted by molar-refractivity contribution is 5.57. The molecule has 1 aromatic heterocycles. The Morgan fingerprint density at radius 1 is 0.560 bits per heavy atom. The van der Waals surface area contributed by atoms with Crippen LogP contribution in [0.15, 0.2) is 36.7 Å². The quantitative estimate of drug-likeness (QED) is 0.0787. The number of aryl methyl sites for hydroxylation is 2. The largest absolute Gasteiger partial charge is 0.527 e. The predicted octanol–water partition coefficient (Wildman–Crippen LogP) is 10.7. The van der Waals surface area contributed by atoms with Gasteiger partial charge in [0.05, 0.1) is 0 Å². The summed E-state index contributed by atoms with van der Waals surface area (Å²) in [6, 6.07) is 7.68. The lowest BCUT2D eigenvalue weighted by atomic mass is 9.94. The van der Waals surface area contributed by atoms with Crippen LogP contribution in [0.3, 0.4) is 0 Å². The summed E-state index contributed by atoms with van der Waals surface area (Å²) in [5.41, 5.74) is 3.13. The molecule has 0 atom stereocenters. The molecular weight excluding hydrogens is 711 g/mol. The fraction of sp³-hybridized carbons (Fsp3) is 0.677. The minimum Gasteiger partial charge on any atom is -0.372 e. The summed E-state index contributed by atoms with van der Waals surface area (Å²) in [5, 5.41) is 0. The van der Waals surface area contributed by atoms with Gasteiger partial charge in [-0.05, 0) is 55.4 Å². The average Bonchev–Trinajstić information content (AvgIpc) is 2.98. The number of hydrogen-bond donors (Lipinski definition) is 0. The molecule has 0 aliphatic heterocycles. The van der Waals surface area contributed by atoms with Gasteiger partial charge in [-0.3, -0.25) is 0 Å². The van der Waals surface area contributed by atoms with E-state index in [0.29, 0.717) is 31.5 Å². The van der Waals surface area contributed by atoms with Crippen molar-refractivity contribution in [2.45, 2.75) is 121 Å². The zero-order valence-electron chi connectivity index (χ0n) is 26.8. The third kappa shape index (κ3) is 14.5. The number of hydrogen-bond acceptors (Lipinski definition) is 6. The Morgan fingerprint density at radius 2 is 1.06 bits per heavy atom. The zero-order valence-corrected chi connectivity index (χ0v) is 26.8. The molecule has 1 heterocycles. The predicted molar refractivity (Wildman–Crippen MR) is 152 cm³/mol. The molecule has 0 amide bonds. The minimum atomic E-state index is -7.08. The van der Waals surface area contributed by atoms with Crippen LogP contribution in [-0.4, -0.2) is 60.1 Å². The molecule has 0 N–H and O–H groups in total. The highest BCUT2D eigenvalue weighted by Crippen LogP contribution is 2.48. The monoisotopic (exact) mass is 748 g/mol. The van der Waals surface area contributed by atoms with Gasteiger partial charge in [0.25, 0.3) is 0 Å². The van der Waals surface area contributed by atoms with Gasteiger partial charge >= 0.3 is 36.9 Å². The lowest BCUT2D eigenvalue weighted by molar-refractivity contribution is -0.564. The second kappa shape index (κ2) is 18.6. The van der Waals surface area contributed by atoms with Crippen LogP contribution in [-0.2, 0) is 31.8 Å². The Kier molecular flexibility index (Phi) is 16.2. The molecule has 0 aliphatic carbocycles. The molecule has 0 aliphatic rings. The Bertz CT molecular complexity index is 1280. The summed E-state index contributed by atoms with van der Waals surface area (Å²) in [4.78, 5) is 8.59. The summed E-state index contributed by atoms with van der Waals surface area (Å²) < 4.78 is 180. The van der Waals surface area contributed by atoms with E-state index in [2.05, 4.69) is 32.4 Å². The van der Waals surface area contributed by atoms with Gasteiger partial charge in [0.15, 0.2) is 5.82 Å². The first kappa shape index (κ1) is 43.4. The van der Waals surface area contributed by atoms with Crippen molar-refractivity contribution in [1.82, 2.24) is 9.97 Å². The molecule has 0 bridgehead atoms. The van der Waals surface area contributed by atoms with Crippen LogP contribution in [0.25, 0.3) is 11.4 Å². The van der Waals surface area contributed by atoms with Gasteiger partial charge in [0, 0.05) is 24.6 Å². The van der Waals surface area contributed by atoms with Crippen LogP contribution in [0, 0.1) is 0 Å². The average molecular weight is 749 g/mol. The summed E-state index contributed by atoms with van der Waals surface area (Å²) in [6.07, 6.45) is -26.3. The molecule has 0 fully saturated rings. The van der Waals surface area contributed by atoms with Gasteiger partial charge in [-0.15, -0.1) is 13.2 Å². The fourth-order valence-corrected chi connectivity index (χ4v) is 4.61. The molecule has 286 valence electrons. The molecule has 50 heavy (non-hydrogen) atoms. The molecule has 2 rings (SSSR count). The van der Waals surface area contributed by atoms with Crippen molar-refractivity contribution in [2.75, 3.05) is 13.2 Å². The van der Waals surface area contributed by atoms with Gasteiger partial charge < -0.3 is 4.74 Å². The van der Waals surface area contributed by atoms with Crippen molar-refractivity contribution in [3.8, 4) is 11.4 Å². The Balaban J connectivity index is 1.83. The van der Waals surface area contributed by atoms with E-state index in [1.165, 1.54) is 12.8 Å². The molecule has 0 saturated carbocycles. The first-order valence-electron chi connectivity index (χ1n) is 15.6. The van der Waals surface area contributed by atoms with Crippen LogP contribution in [0.1, 0.15) is 82.3 Å². The van der Waals surface area contributed by atoms with E-state index in [1.807, 2.05) is 16.9 Å². The Labute approximate surface area is 279 Å². The van der Waals surface area contributed by atoms with Crippen molar-refractivity contribution in [3.63, 3.8) is 0 Å². The summed E-state index contributed by atoms with van der Waals surface area (Å²) >= 11 is 0. The maximum absolute atomic E-state index is 13.8. The SMILES string of the molecule is CCCCCCCCc1cc(-c2ncccn2)ccc1CCCCCCOCC(F)(F)OC(F)(F)C(F)(F)OC(F)(F)C(F)(F)OC(F)(F)F. The van der Waals surface area contributed by atoms with E-state index in [-0.39, 0.29) is 6.42 Å². The molecule has 6 nitrogen and oxygen atoms in total. The van der Waals surface area contributed by atoms with E-state index < -0.39 is 50.1 Å². The first-order valence-corrected chi connectivity index (χ1v) is 15.6. The molecular formula is C31H37F13N2O4. The summed E-state index contributed by atoms with van der Waals surface area (Å²) in [7, 11) is 0. The third-order valence-corrected chi connectivity index (χ3v) is 7.04.